The van der Waals surface area contributed by atoms with Gasteiger partial charge in [0.05, 0.1) is 30.0 Å². The fourth-order valence-electron chi connectivity index (χ4n) is 2.68. The Balaban J connectivity index is 0.00000208. The third-order valence-electron chi connectivity index (χ3n) is 3.79. The van der Waals surface area contributed by atoms with Crippen LogP contribution in [0.3, 0.4) is 0 Å². The first kappa shape index (κ1) is 19.1. The molecule has 0 aromatic heterocycles. The second-order valence-corrected chi connectivity index (χ2v) is 6.54. The van der Waals surface area contributed by atoms with Crippen molar-refractivity contribution in [3.8, 4) is 5.75 Å². The van der Waals surface area contributed by atoms with E-state index in [9.17, 15) is 4.39 Å². The molecule has 0 amide bonds. The molecular formula is C18H21ClFNO2S. The summed E-state index contributed by atoms with van der Waals surface area (Å²) in [4.78, 5) is 1.03. The Kier molecular flexibility index (Phi) is 7.37. The summed E-state index contributed by atoms with van der Waals surface area (Å²) in [6.45, 7) is 2.28. The first-order chi connectivity index (χ1) is 11.3. The molecule has 0 saturated carbocycles. The molecule has 2 aromatic rings. The van der Waals surface area contributed by atoms with E-state index >= 15 is 0 Å². The highest BCUT2D eigenvalue weighted by molar-refractivity contribution is 7.99. The van der Waals surface area contributed by atoms with E-state index in [0.29, 0.717) is 6.61 Å². The lowest BCUT2D eigenvalue weighted by atomic mass is 10.1. The average Bonchev–Trinajstić information content (AvgIpc) is 2.60. The van der Waals surface area contributed by atoms with Gasteiger partial charge in [-0.15, -0.1) is 24.2 Å². The van der Waals surface area contributed by atoms with Crippen molar-refractivity contribution in [3.63, 3.8) is 0 Å². The maximum Gasteiger partial charge on any atom is 0.132 e. The molecular weight excluding hydrogens is 349 g/mol. The molecule has 1 fully saturated rings. The van der Waals surface area contributed by atoms with E-state index in [4.69, 9.17) is 9.47 Å². The third-order valence-corrected chi connectivity index (χ3v) is 5.22. The van der Waals surface area contributed by atoms with Gasteiger partial charge in [0.2, 0.25) is 0 Å². The molecule has 3 nitrogen and oxygen atoms in total. The van der Waals surface area contributed by atoms with Crippen molar-refractivity contribution in [2.45, 2.75) is 16.2 Å². The summed E-state index contributed by atoms with van der Waals surface area (Å²) in [5, 5.41) is 3.35. The van der Waals surface area contributed by atoms with Crippen molar-refractivity contribution in [2.75, 3.05) is 26.8 Å². The number of nitrogens with one attached hydrogen (secondary N) is 1. The van der Waals surface area contributed by atoms with Gasteiger partial charge in [0.25, 0.3) is 0 Å². The Morgan fingerprint density at radius 2 is 2.08 bits per heavy atom. The summed E-state index contributed by atoms with van der Waals surface area (Å²) in [6, 6.07) is 14.6. The molecule has 6 heteroatoms. The van der Waals surface area contributed by atoms with Crippen molar-refractivity contribution in [2.24, 2.45) is 0 Å². The highest BCUT2D eigenvalue weighted by atomic mass is 35.5. The van der Waals surface area contributed by atoms with Gasteiger partial charge in [-0.1, -0.05) is 24.3 Å². The first-order valence-electron chi connectivity index (χ1n) is 7.65. The van der Waals surface area contributed by atoms with Crippen LogP contribution in [0, 0.1) is 5.82 Å². The van der Waals surface area contributed by atoms with Gasteiger partial charge in [-0.3, -0.25) is 0 Å². The topological polar surface area (TPSA) is 30.5 Å². The molecule has 2 aromatic carbocycles. The van der Waals surface area contributed by atoms with E-state index in [1.54, 1.807) is 31.0 Å². The molecule has 1 N–H and O–H groups in total. The summed E-state index contributed by atoms with van der Waals surface area (Å²) in [5.74, 6) is 0.597. The van der Waals surface area contributed by atoms with Gasteiger partial charge >= 0.3 is 0 Å². The fraction of sp³-hybridized carbons (Fsp3) is 0.333. The first-order valence-corrected chi connectivity index (χ1v) is 8.53. The second-order valence-electron chi connectivity index (χ2n) is 5.36. The summed E-state index contributed by atoms with van der Waals surface area (Å²) < 4.78 is 25.1. The standard InChI is InChI=1S/C18H20FNO2S.ClH/c1-21-15-7-2-3-8-17(15)23-18(16-12-20-9-10-22-16)13-5-4-6-14(19)11-13;/h2-8,11,16,18,20H,9-10,12H2,1H3;1H/t16-,18?;/m1./s1. The van der Waals surface area contributed by atoms with Gasteiger partial charge in [0.1, 0.15) is 11.6 Å². The van der Waals surface area contributed by atoms with Crippen LogP contribution in [0.2, 0.25) is 0 Å². The van der Waals surface area contributed by atoms with E-state index in [2.05, 4.69) is 5.32 Å². The van der Waals surface area contributed by atoms with Crippen molar-refractivity contribution in [1.82, 2.24) is 5.32 Å². The summed E-state index contributed by atoms with van der Waals surface area (Å²) in [7, 11) is 1.66. The van der Waals surface area contributed by atoms with Crippen LogP contribution in [0.15, 0.2) is 53.4 Å². The van der Waals surface area contributed by atoms with Crippen LogP contribution in [-0.2, 0) is 4.74 Å². The molecule has 3 rings (SSSR count). The molecule has 0 spiro atoms. The van der Waals surface area contributed by atoms with Crippen LogP contribution in [0.1, 0.15) is 10.8 Å². The minimum Gasteiger partial charge on any atom is -0.496 e. The predicted molar refractivity (Wildman–Crippen MR) is 97.8 cm³/mol. The minimum atomic E-state index is -0.225. The Bertz CT molecular complexity index is 652. The van der Waals surface area contributed by atoms with Crippen LogP contribution in [0.25, 0.3) is 0 Å². The zero-order valence-electron chi connectivity index (χ0n) is 13.4. The normalized spacial score (nSPS) is 18.5. The largest absolute Gasteiger partial charge is 0.496 e. The zero-order valence-corrected chi connectivity index (χ0v) is 15.0. The molecule has 24 heavy (non-hydrogen) atoms. The molecule has 1 unspecified atom stereocenters. The lowest BCUT2D eigenvalue weighted by Gasteiger charge is -2.31. The van der Waals surface area contributed by atoms with Crippen LogP contribution in [-0.4, -0.2) is 32.9 Å². The number of thioether (sulfide) groups is 1. The van der Waals surface area contributed by atoms with Crippen molar-refractivity contribution in [1.29, 1.82) is 0 Å². The summed E-state index contributed by atoms with van der Waals surface area (Å²) in [5.41, 5.74) is 0.926. The fourth-order valence-corrected chi connectivity index (χ4v) is 3.98. The third kappa shape index (κ3) is 4.63. The predicted octanol–water partition coefficient (Wildman–Crippen LogP) is 4.08. The van der Waals surface area contributed by atoms with Crippen LogP contribution in [0.4, 0.5) is 4.39 Å². The van der Waals surface area contributed by atoms with E-state index < -0.39 is 0 Å². The molecule has 1 saturated heterocycles. The number of rotatable bonds is 5. The molecule has 2 atom stereocenters. The molecule has 0 aliphatic carbocycles. The van der Waals surface area contributed by atoms with E-state index in [0.717, 1.165) is 29.3 Å². The number of hydrogen-bond acceptors (Lipinski definition) is 4. The average molecular weight is 370 g/mol. The Hall–Kier alpha value is -1.27. The van der Waals surface area contributed by atoms with Gasteiger partial charge in [-0.25, -0.2) is 4.39 Å². The quantitative estimate of drug-likeness (QED) is 0.804. The lowest BCUT2D eigenvalue weighted by Crippen LogP contribution is -2.41. The van der Waals surface area contributed by atoms with E-state index in [-0.39, 0.29) is 29.6 Å². The van der Waals surface area contributed by atoms with Gasteiger partial charge in [0.15, 0.2) is 0 Å². The number of benzene rings is 2. The Morgan fingerprint density at radius 3 is 2.79 bits per heavy atom. The van der Waals surface area contributed by atoms with Crippen molar-refractivity contribution < 1.29 is 13.9 Å². The highest BCUT2D eigenvalue weighted by Gasteiger charge is 2.28. The number of para-hydroxylation sites is 1. The van der Waals surface area contributed by atoms with E-state index in [1.807, 2.05) is 30.3 Å². The summed E-state index contributed by atoms with van der Waals surface area (Å²) in [6.07, 6.45) is -0.0135. The SMILES string of the molecule is COc1ccccc1SC(c1cccc(F)c1)[C@H]1CNCCO1.Cl. The number of ether oxygens (including phenoxy) is 2. The minimum absolute atomic E-state index is 0. The molecule has 130 valence electrons. The van der Waals surface area contributed by atoms with Crippen molar-refractivity contribution >= 4 is 24.2 Å². The van der Waals surface area contributed by atoms with Gasteiger partial charge in [-0.05, 0) is 29.8 Å². The molecule has 0 radical (unpaired) electrons. The maximum absolute atomic E-state index is 13.7. The number of halogens is 2. The van der Waals surface area contributed by atoms with Crippen LogP contribution in [0.5, 0.6) is 5.75 Å². The van der Waals surface area contributed by atoms with E-state index in [1.165, 1.54) is 6.07 Å². The van der Waals surface area contributed by atoms with Gasteiger partial charge in [0, 0.05) is 13.1 Å². The lowest BCUT2D eigenvalue weighted by molar-refractivity contribution is 0.0273. The number of methoxy groups -OCH3 is 1. The zero-order chi connectivity index (χ0) is 16.1. The Labute approximate surface area is 152 Å². The molecule has 1 heterocycles. The number of hydrogen-bond donors (Lipinski definition) is 1. The monoisotopic (exact) mass is 369 g/mol. The smallest absolute Gasteiger partial charge is 0.132 e. The maximum atomic E-state index is 13.7. The Morgan fingerprint density at radius 1 is 1.25 bits per heavy atom. The second kappa shape index (κ2) is 9.28. The van der Waals surface area contributed by atoms with Gasteiger partial charge in [-0.2, -0.15) is 0 Å². The van der Waals surface area contributed by atoms with Gasteiger partial charge < -0.3 is 14.8 Å². The molecule has 1 aliphatic heterocycles. The number of morpholine rings is 1. The summed E-state index contributed by atoms with van der Waals surface area (Å²) >= 11 is 1.65. The van der Waals surface area contributed by atoms with Crippen LogP contribution >= 0.6 is 24.2 Å². The molecule has 1 aliphatic rings. The molecule has 0 bridgehead atoms. The highest BCUT2D eigenvalue weighted by Crippen LogP contribution is 2.43. The van der Waals surface area contributed by atoms with Crippen LogP contribution < -0.4 is 10.1 Å². The van der Waals surface area contributed by atoms with Crippen molar-refractivity contribution in [3.05, 3.63) is 59.9 Å².